The average Bonchev–Trinajstić information content (AvgIpc) is 2.55. The Balaban J connectivity index is 2.47. The Morgan fingerprint density at radius 2 is 1.83 bits per heavy atom. The maximum atomic E-state index is 13.3. The Bertz CT molecular complexity index is 934. The van der Waals surface area contributed by atoms with Crippen molar-refractivity contribution < 1.29 is 9.50 Å². The minimum atomic E-state index is -0.315. The van der Waals surface area contributed by atoms with Gasteiger partial charge in [0.05, 0.1) is 5.69 Å². The summed E-state index contributed by atoms with van der Waals surface area (Å²) in [6.07, 6.45) is 1.18. The molecule has 4 nitrogen and oxygen atoms in total. The van der Waals surface area contributed by atoms with Gasteiger partial charge in [-0.2, -0.15) is 0 Å². The molecule has 0 bridgehead atoms. The van der Waals surface area contributed by atoms with Crippen LogP contribution in [0.5, 0.6) is 5.88 Å². The second-order valence-corrected chi connectivity index (χ2v) is 6.03. The molecular weight excluding hydrogens is 305 g/mol. The van der Waals surface area contributed by atoms with Crippen molar-refractivity contribution in [3.8, 4) is 17.0 Å². The fourth-order valence-electron chi connectivity index (χ4n) is 2.86. The molecule has 0 amide bonds. The van der Waals surface area contributed by atoms with Crippen molar-refractivity contribution >= 4 is 22.7 Å². The van der Waals surface area contributed by atoms with Crippen molar-refractivity contribution in [2.24, 2.45) is 0 Å². The van der Waals surface area contributed by atoms with Crippen molar-refractivity contribution in [1.82, 2.24) is 4.98 Å². The number of hydrogen-bond acceptors (Lipinski definition) is 4. The minimum absolute atomic E-state index is 0.0568. The fourth-order valence-corrected chi connectivity index (χ4v) is 2.86. The number of rotatable bonds is 3. The number of benzene rings is 2. The van der Waals surface area contributed by atoms with E-state index in [4.69, 9.17) is 11.1 Å². The molecule has 0 aliphatic carbocycles. The molecule has 4 N–H and O–H groups in total. The van der Waals surface area contributed by atoms with E-state index >= 15 is 0 Å². The number of nitrogens with two attached hydrogens (primary N) is 1. The highest BCUT2D eigenvalue weighted by Crippen LogP contribution is 2.39. The largest absolute Gasteiger partial charge is 0.493 e. The summed E-state index contributed by atoms with van der Waals surface area (Å²) in [4.78, 5) is 4.35. The van der Waals surface area contributed by atoms with Gasteiger partial charge >= 0.3 is 0 Å². The van der Waals surface area contributed by atoms with Crippen LogP contribution in [0.25, 0.3) is 21.9 Å². The van der Waals surface area contributed by atoms with E-state index < -0.39 is 0 Å². The third-order valence-electron chi connectivity index (χ3n) is 4.05. The van der Waals surface area contributed by atoms with E-state index in [1.807, 2.05) is 13.8 Å². The van der Waals surface area contributed by atoms with Crippen LogP contribution >= 0.6 is 0 Å². The van der Waals surface area contributed by atoms with Gasteiger partial charge in [-0.05, 0) is 41.1 Å². The van der Waals surface area contributed by atoms with Crippen molar-refractivity contribution in [2.75, 3.05) is 5.73 Å². The second kappa shape index (κ2) is 5.92. The molecule has 0 saturated heterocycles. The second-order valence-electron chi connectivity index (χ2n) is 6.03. The summed E-state index contributed by atoms with van der Waals surface area (Å²) < 4.78 is 13.3. The zero-order valence-electron chi connectivity index (χ0n) is 13.5. The van der Waals surface area contributed by atoms with Gasteiger partial charge in [0.25, 0.3) is 0 Å². The Hall–Kier alpha value is -2.95. The predicted octanol–water partition coefficient (Wildman–Crippen LogP) is 4.45. The van der Waals surface area contributed by atoms with E-state index in [1.54, 1.807) is 24.3 Å². The first kappa shape index (κ1) is 15.9. The summed E-state index contributed by atoms with van der Waals surface area (Å²) in [5.41, 5.74) is 9.23. The number of pyridine rings is 1. The van der Waals surface area contributed by atoms with E-state index in [0.717, 1.165) is 16.5 Å². The van der Waals surface area contributed by atoms with Crippen LogP contribution in [0.15, 0.2) is 36.4 Å². The van der Waals surface area contributed by atoms with Gasteiger partial charge < -0.3 is 16.2 Å². The number of nitrogens with zero attached hydrogens (tertiary/aromatic N) is 1. The number of nitrogens with one attached hydrogen (secondary N) is 1. The van der Waals surface area contributed by atoms with Crippen LogP contribution < -0.4 is 5.73 Å². The van der Waals surface area contributed by atoms with Gasteiger partial charge in [-0.25, -0.2) is 9.37 Å². The molecule has 5 heteroatoms. The molecule has 1 heterocycles. The van der Waals surface area contributed by atoms with Crippen LogP contribution in [0, 0.1) is 11.2 Å². The van der Waals surface area contributed by atoms with E-state index in [9.17, 15) is 9.50 Å². The minimum Gasteiger partial charge on any atom is -0.493 e. The molecule has 0 aliphatic rings. The van der Waals surface area contributed by atoms with Crippen molar-refractivity contribution in [2.45, 2.75) is 19.8 Å². The molecule has 0 atom stereocenters. The molecule has 3 aromatic rings. The predicted molar refractivity (Wildman–Crippen MR) is 95.2 cm³/mol. The van der Waals surface area contributed by atoms with Crippen LogP contribution in [0.4, 0.5) is 10.1 Å². The zero-order chi connectivity index (χ0) is 17.4. The third kappa shape index (κ3) is 2.58. The van der Waals surface area contributed by atoms with E-state index in [1.165, 1.54) is 18.3 Å². The normalized spacial score (nSPS) is 11.2. The molecule has 24 heavy (non-hydrogen) atoms. The third-order valence-corrected chi connectivity index (χ3v) is 4.05. The van der Waals surface area contributed by atoms with Crippen molar-refractivity contribution in [1.29, 1.82) is 5.41 Å². The SMILES string of the molecule is CC(C)c1nc(O)c2cc(N)c(C=N)cc2c1-c1ccc(F)cc1. The number of aromatic nitrogens is 1. The van der Waals surface area contributed by atoms with Crippen LogP contribution in [-0.2, 0) is 0 Å². The number of halogens is 1. The van der Waals surface area contributed by atoms with Crippen molar-refractivity contribution in [3.63, 3.8) is 0 Å². The summed E-state index contributed by atoms with van der Waals surface area (Å²) in [6, 6.07) is 9.56. The van der Waals surface area contributed by atoms with Gasteiger partial charge in [0, 0.05) is 28.4 Å². The molecule has 3 rings (SSSR count). The van der Waals surface area contributed by atoms with Crippen molar-refractivity contribution in [3.05, 3.63) is 53.5 Å². The monoisotopic (exact) mass is 323 g/mol. The Kier molecular flexibility index (Phi) is 3.93. The Morgan fingerprint density at radius 3 is 2.42 bits per heavy atom. The van der Waals surface area contributed by atoms with Gasteiger partial charge in [0.15, 0.2) is 0 Å². The quantitative estimate of drug-likeness (QED) is 0.492. The highest BCUT2D eigenvalue weighted by molar-refractivity contribution is 6.05. The molecule has 0 spiro atoms. The van der Waals surface area contributed by atoms with Gasteiger partial charge in [0.2, 0.25) is 5.88 Å². The van der Waals surface area contributed by atoms with Crippen LogP contribution in [-0.4, -0.2) is 16.3 Å². The zero-order valence-corrected chi connectivity index (χ0v) is 13.5. The first-order valence-electron chi connectivity index (χ1n) is 7.65. The maximum absolute atomic E-state index is 13.3. The Labute approximate surface area is 139 Å². The highest BCUT2D eigenvalue weighted by Gasteiger charge is 2.18. The highest BCUT2D eigenvalue weighted by atomic mass is 19.1. The summed E-state index contributed by atoms with van der Waals surface area (Å²) >= 11 is 0. The van der Waals surface area contributed by atoms with Crippen LogP contribution in [0.2, 0.25) is 0 Å². The number of aromatic hydroxyl groups is 1. The fraction of sp³-hybridized carbons (Fsp3) is 0.158. The first-order valence-corrected chi connectivity index (χ1v) is 7.65. The molecule has 0 aliphatic heterocycles. The molecule has 0 radical (unpaired) electrons. The molecule has 0 fully saturated rings. The van der Waals surface area contributed by atoms with E-state index in [-0.39, 0.29) is 17.6 Å². The number of hydrogen-bond donors (Lipinski definition) is 3. The summed E-state index contributed by atoms with van der Waals surface area (Å²) in [7, 11) is 0. The number of anilines is 1. The van der Waals surface area contributed by atoms with E-state index in [0.29, 0.717) is 22.3 Å². The topological polar surface area (TPSA) is 83.0 Å². The molecule has 2 aromatic carbocycles. The molecule has 0 unspecified atom stereocenters. The first-order chi connectivity index (χ1) is 11.4. The molecule has 0 saturated carbocycles. The summed E-state index contributed by atoms with van der Waals surface area (Å²) in [5.74, 6) is -0.352. The van der Waals surface area contributed by atoms with Crippen LogP contribution in [0.3, 0.4) is 0 Å². The molecular formula is C19H18FN3O. The van der Waals surface area contributed by atoms with Gasteiger partial charge in [0.1, 0.15) is 5.82 Å². The number of nitrogen functional groups attached to an aromatic ring is 1. The molecule has 122 valence electrons. The summed E-state index contributed by atoms with van der Waals surface area (Å²) in [5, 5.41) is 19.1. The van der Waals surface area contributed by atoms with E-state index in [2.05, 4.69) is 4.98 Å². The lowest BCUT2D eigenvalue weighted by Crippen LogP contribution is -2.01. The van der Waals surface area contributed by atoms with Gasteiger partial charge in [-0.15, -0.1) is 0 Å². The maximum Gasteiger partial charge on any atom is 0.219 e. The van der Waals surface area contributed by atoms with Crippen LogP contribution in [0.1, 0.15) is 31.0 Å². The molecule has 1 aromatic heterocycles. The van der Waals surface area contributed by atoms with Gasteiger partial charge in [-0.1, -0.05) is 26.0 Å². The average molecular weight is 323 g/mol. The lowest BCUT2D eigenvalue weighted by molar-refractivity contribution is 0.457. The summed E-state index contributed by atoms with van der Waals surface area (Å²) in [6.45, 7) is 3.96. The van der Waals surface area contributed by atoms with Gasteiger partial charge in [-0.3, -0.25) is 0 Å². The standard InChI is InChI=1S/C19H18FN3O/c1-10(2)18-17(11-3-5-13(20)6-4-11)14-7-12(9-21)16(22)8-15(14)19(24)23-18/h3-10,21H,22H2,1-2H3,(H,23,24). The lowest BCUT2D eigenvalue weighted by atomic mass is 9.91. The lowest BCUT2D eigenvalue weighted by Gasteiger charge is -2.17. The smallest absolute Gasteiger partial charge is 0.219 e. The Morgan fingerprint density at radius 1 is 1.17 bits per heavy atom. The number of fused-ring (bicyclic) bond motifs is 1.